The average molecular weight is 948 g/mol. The van der Waals surface area contributed by atoms with Crippen molar-refractivity contribution in [2.75, 3.05) is 13.2 Å². The van der Waals surface area contributed by atoms with Gasteiger partial charge in [0.25, 0.3) is 0 Å². The third-order valence-corrected chi connectivity index (χ3v) is 14.1. The lowest BCUT2D eigenvalue weighted by atomic mass is 10.0. The van der Waals surface area contributed by atoms with E-state index >= 15 is 0 Å². The first kappa shape index (κ1) is 65.4. The number of esters is 3. The van der Waals surface area contributed by atoms with Gasteiger partial charge < -0.3 is 14.2 Å². The summed E-state index contributed by atoms with van der Waals surface area (Å²) >= 11 is 0. The number of carbonyl (C=O) groups excluding carboxylic acids is 3. The van der Waals surface area contributed by atoms with Crippen LogP contribution < -0.4 is 0 Å². The molecule has 0 bridgehead atoms. The molecule has 0 aliphatic rings. The topological polar surface area (TPSA) is 78.9 Å². The molecule has 67 heavy (non-hydrogen) atoms. The SMILES string of the molecule is CCCCCCCCCCCCCCCCCCCCCC(=O)OC[C@@H](COC(=O)CCCCCCCCCCCCCCCCCCCC)OC(=O)CCCCCCCCCCCCCC. The van der Waals surface area contributed by atoms with E-state index in [9.17, 15) is 14.4 Å². The lowest BCUT2D eigenvalue weighted by molar-refractivity contribution is -0.167. The molecule has 0 heterocycles. The van der Waals surface area contributed by atoms with Crippen molar-refractivity contribution in [3.05, 3.63) is 0 Å². The molecule has 1 atom stereocenters. The Morgan fingerprint density at radius 2 is 0.403 bits per heavy atom. The summed E-state index contributed by atoms with van der Waals surface area (Å²) in [4.78, 5) is 38.2. The number of carbonyl (C=O) groups is 3. The molecule has 0 radical (unpaired) electrons. The summed E-state index contributed by atoms with van der Waals surface area (Å²) in [6, 6.07) is 0. The predicted molar refractivity (Wildman–Crippen MR) is 289 cm³/mol. The van der Waals surface area contributed by atoms with Crippen LogP contribution in [0.2, 0.25) is 0 Å². The van der Waals surface area contributed by atoms with E-state index in [1.165, 1.54) is 257 Å². The summed E-state index contributed by atoms with van der Waals surface area (Å²) in [6.45, 7) is 6.71. The number of hydrogen-bond acceptors (Lipinski definition) is 6. The number of rotatable bonds is 57. The second kappa shape index (κ2) is 57.0. The first-order valence-electron chi connectivity index (χ1n) is 30.5. The van der Waals surface area contributed by atoms with E-state index in [-0.39, 0.29) is 31.1 Å². The summed E-state index contributed by atoms with van der Waals surface area (Å²) < 4.78 is 16.9. The quantitative estimate of drug-likeness (QED) is 0.0343. The smallest absolute Gasteiger partial charge is 0.306 e. The van der Waals surface area contributed by atoms with E-state index < -0.39 is 6.10 Å². The van der Waals surface area contributed by atoms with Crippen molar-refractivity contribution in [2.45, 2.75) is 361 Å². The molecule has 0 aromatic carbocycles. The second-order valence-corrected chi connectivity index (χ2v) is 21.0. The maximum Gasteiger partial charge on any atom is 0.306 e. The highest BCUT2D eigenvalue weighted by Crippen LogP contribution is 2.18. The summed E-state index contributed by atoms with van der Waals surface area (Å²) in [5.41, 5.74) is 0. The molecular weight excluding hydrogens is 829 g/mol. The molecule has 0 aromatic heterocycles. The van der Waals surface area contributed by atoms with E-state index in [1.807, 2.05) is 0 Å². The largest absolute Gasteiger partial charge is 0.462 e. The minimum absolute atomic E-state index is 0.0609. The van der Waals surface area contributed by atoms with Gasteiger partial charge in [0.1, 0.15) is 13.2 Å². The first-order chi connectivity index (χ1) is 33.0. The highest BCUT2D eigenvalue weighted by molar-refractivity contribution is 5.71. The van der Waals surface area contributed by atoms with Crippen LogP contribution >= 0.6 is 0 Å². The van der Waals surface area contributed by atoms with Crippen molar-refractivity contribution in [3.63, 3.8) is 0 Å². The van der Waals surface area contributed by atoms with Gasteiger partial charge in [-0.3, -0.25) is 14.4 Å². The van der Waals surface area contributed by atoms with E-state index in [0.717, 1.165) is 57.8 Å². The van der Waals surface area contributed by atoms with E-state index in [4.69, 9.17) is 14.2 Å². The Hall–Kier alpha value is -1.59. The average Bonchev–Trinajstić information content (AvgIpc) is 3.33. The predicted octanol–water partition coefficient (Wildman–Crippen LogP) is 20.3. The lowest BCUT2D eigenvalue weighted by Gasteiger charge is -2.18. The van der Waals surface area contributed by atoms with Crippen LogP contribution in [0.15, 0.2) is 0 Å². The van der Waals surface area contributed by atoms with Gasteiger partial charge in [-0.15, -0.1) is 0 Å². The minimum atomic E-state index is -0.761. The fourth-order valence-corrected chi connectivity index (χ4v) is 9.51. The van der Waals surface area contributed by atoms with E-state index in [2.05, 4.69) is 20.8 Å². The standard InChI is InChI=1S/C61H118O6/c1-4-7-10-13-16-19-22-25-27-29-31-33-35-37-40-42-45-48-51-54-60(63)66-57-58(67-61(64)55-52-49-46-43-38-24-21-18-15-12-9-6-3)56-65-59(62)53-50-47-44-41-39-36-34-32-30-28-26-23-20-17-14-11-8-5-2/h58H,4-57H2,1-3H3/t58-/m1/s1. The van der Waals surface area contributed by atoms with Crippen LogP contribution in [-0.4, -0.2) is 37.2 Å². The highest BCUT2D eigenvalue weighted by Gasteiger charge is 2.19. The fraction of sp³-hybridized carbons (Fsp3) is 0.951. The summed E-state index contributed by atoms with van der Waals surface area (Å²) in [7, 11) is 0. The Bertz CT molecular complexity index is 998. The minimum Gasteiger partial charge on any atom is -0.462 e. The zero-order chi connectivity index (χ0) is 48.6. The van der Waals surface area contributed by atoms with Gasteiger partial charge in [0.15, 0.2) is 6.10 Å². The number of ether oxygens (including phenoxy) is 3. The van der Waals surface area contributed by atoms with Crippen LogP contribution in [0, 0.1) is 0 Å². The molecule has 0 saturated carbocycles. The van der Waals surface area contributed by atoms with Crippen molar-refractivity contribution >= 4 is 17.9 Å². The Morgan fingerprint density at radius 1 is 0.239 bits per heavy atom. The van der Waals surface area contributed by atoms with Crippen LogP contribution in [0.4, 0.5) is 0 Å². The van der Waals surface area contributed by atoms with Crippen molar-refractivity contribution in [1.82, 2.24) is 0 Å². The van der Waals surface area contributed by atoms with Gasteiger partial charge in [-0.2, -0.15) is 0 Å². The van der Waals surface area contributed by atoms with Gasteiger partial charge in [0, 0.05) is 19.3 Å². The molecule has 0 aliphatic carbocycles. The molecule has 398 valence electrons. The Kier molecular flexibility index (Phi) is 55.6. The molecule has 0 aromatic rings. The van der Waals surface area contributed by atoms with Gasteiger partial charge in [0.05, 0.1) is 0 Å². The third kappa shape index (κ3) is 55.2. The normalized spacial score (nSPS) is 11.9. The van der Waals surface area contributed by atoms with Crippen molar-refractivity contribution < 1.29 is 28.6 Å². The molecule has 0 fully saturated rings. The maximum absolute atomic E-state index is 12.8. The molecule has 6 heteroatoms. The van der Waals surface area contributed by atoms with Crippen molar-refractivity contribution in [2.24, 2.45) is 0 Å². The molecule has 6 nitrogen and oxygen atoms in total. The maximum atomic E-state index is 12.8. The summed E-state index contributed by atoms with van der Waals surface area (Å²) in [6.07, 6.45) is 63.9. The number of unbranched alkanes of at least 4 members (excludes halogenated alkanes) is 46. The van der Waals surface area contributed by atoms with Crippen LogP contribution in [0.5, 0.6) is 0 Å². The van der Waals surface area contributed by atoms with Crippen molar-refractivity contribution in [1.29, 1.82) is 0 Å². The van der Waals surface area contributed by atoms with Crippen LogP contribution in [0.25, 0.3) is 0 Å². The van der Waals surface area contributed by atoms with Gasteiger partial charge >= 0.3 is 17.9 Å². The van der Waals surface area contributed by atoms with Gasteiger partial charge in [-0.05, 0) is 19.3 Å². The highest BCUT2D eigenvalue weighted by atomic mass is 16.6. The second-order valence-electron chi connectivity index (χ2n) is 21.0. The molecule has 0 saturated heterocycles. The van der Waals surface area contributed by atoms with Gasteiger partial charge in [-0.1, -0.05) is 316 Å². The summed E-state index contributed by atoms with van der Waals surface area (Å²) in [5.74, 6) is -0.829. The molecule has 0 amide bonds. The molecule has 0 rings (SSSR count). The molecule has 0 N–H and O–H groups in total. The van der Waals surface area contributed by atoms with Gasteiger partial charge in [0.2, 0.25) is 0 Å². The number of hydrogen-bond donors (Lipinski definition) is 0. The van der Waals surface area contributed by atoms with Crippen molar-refractivity contribution in [3.8, 4) is 0 Å². The van der Waals surface area contributed by atoms with Crippen LogP contribution in [-0.2, 0) is 28.6 Å². The zero-order valence-corrected chi connectivity index (χ0v) is 45.7. The van der Waals surface area contributed by atoms with Crippen LogP contribution in [0.3, 0.4) is 0 Å². The van der Waals surface area contributed by atoms with E-state index in [0.29, 0.717) is 19.3 Å². The fourth-order valence-electron chi connectivity index (χ4n) is 9.51. The molecular formula is C61H118O6. The van der Waals surface area contributed by atoms with Gasteiger partial charge in [-0.25, -0.2) is 0 Å². The first-order valence-corrected chi connectivity index (χ1v) is 30.5. The zero-order valence-electron chi connectivity index (χ0n) is 45.7. The molecule has 0 spiro atoms. The van der Waals surface area contributed by atoms with E-state index in [1.54, 1.807) is 0 Å². The third-order valence-electron chi connectivity index (χ3n) is 14.1. The molecule has 0 unspecified atom stereocenters. The Morgan fingerprint density at radius 3 is 0.597 bits per heavy atom. The van der Waals surface area contributed by atoms with Crippen LogP contribution in [0.1, 0.15) is 355 Å². The monoisotopic (exact) mass is 947 g/mol. The lowest BCUT2D eigenvalue weighted by Crippen LogP contribution is -2.30. The Balaban J connectivity index is 4.23. The summed E-state index contributed by atoms with van der Waals surface area (Å²) in [5, 5.41) is 0. The molecule has 0 aliphatic heterocycles. The Labute approximate surface area is 418 Å².